The van der Waals surface area contributed by atoms with E-state index in [0.29, 0.717) is 12.6 Å². The van der Waals surface area contributed by atoms with E-state index in [4.69, 9.17) is 4.74 Å². The van der Waals surface area contributed by atoms with Crippen molar-refractivity contribution in [1.29, 1.82) is 0 Å². The second-order valence-corrected chi connectivity index (χ2v) is 3.32. The number of nitrogens with zero attached hydrogens (tertiary/aromatic N) is 2. The Kier molecular flexibility index (Phi) is 2.28. The number of ether oxygens (including phenoxy) is 1. The maximum absolute atomic E-state index is 5.37. The fourth-order valence-corrected chi connectivity index (χ4v) is 1.62. The lowest BCUT2D eigenvalue weighted by Gasteiger charge is -2.12. The highest BCUT2D eigenvalue weighted by molar-refractivity contribution is 5.04. The van der Waals surface area contributed by atoms with E-state index >= 15 is 0 Å². The van der Waals surface area contributed by atoms with Crippen molar-refractivity contribution in [2.75, 3.05) is 20.3 Å². The topological polar surface area (TPSA) is 62.8 Å². The van der Waals surface area contributed by atoms with E-state index in [2.05, 4.69) is 20.5 Å². The van der Waals surface area contributed by atoms with Gasteiger partial charge in [0.05, 0.1) is 19.1 Å². The van der Waals surface area contributed by atoms with Gasteiger partial charge in [-0.05, 0) is 14.0 Å². The SMILES string of the molecule is CNC1COCC1c1n[nH]c(C)n1. The van der Waals surface area contributed by atoms with Crippen molar-refractivity contribution in [3.05, 3.63) is 11.6 Å². The Morgan fingerprint density at radius 1 is 1.54 bits per heavy atom. The summed E-state index contributed by atoms with van der Waals surface area (Å²) in [6.45, 7) is 3.36. The lowest BCUT2D eigenvalue weighted by Crippen LogP contribution is -2.31. The molecule has 2 atom stereocenters. The Hall–Kier alpha value is -0.940. The van der Waals surface area contributed by atoms with Gasteiger partial charge in [-0.2, -0.15) is 5.10 Å². The van der Waals surface area contributed by atoms with Gasteiger partial charge >= 0.3 is 0 Å². The number of aryl methyl sites for hydroxylation is 1. The van der Waals surface area contributed by atoms with Crippen LogP contribution in [0.5, 0.6) is 0 Å². The second-order valence-electron chi connectivity index (χ2n) is 3.32. The van der Waals surface area contributed by atoms with Crippen LogP contribution in [0, 0.1) is 6.92 Å². The Balaban J connectivity index is 2.15. The van der Waals surface area contributed by atoms with Crippen molar-refractivity contribution in [3.8, 4) is 0 Å². The highest BCUT2D eigenvalue weighted by Gasteiger charge is 2.31. The molecule has 5 nitrogen and oxygen atoms in total. The highest BCUT2D eigenvalue weighted by Crippen LogP contribution is 2.22. The molecule has 5 heteroatoms. The summed E-state index contributed by atoms with van der Waals surface area (Å²) in [5, 5.41) is 10.2. The van der Waals surface area contributed by atoms with Crippen LogP contribution < -0.4 is 5.32 Å². The van der Waals surface area contributed by atoms with E-state index in [1.54, 1.807) is 0 Å². The molecule has 0 amide bonds. The molecule has 0 spiro atoms. The van der Waals surface area contributed by atoms with E-state index in [9.17, 15) is 0 Å². The Bertz CT molecular complexity index is 285. The molecule has 1 aromatic rings. The zero-order valence-corrected chi connectivity index (χ0v) is 7.87. The molecule has 1 aromatic heterocycles. The molecule has 2 rings (SSSR count). The van der Waals surface area contributed by atoms with Crippen LogP contribution in [0.1, 0.15) is 17.6 Å². The van der Waals surface area contributed by atoms with E-state index in [1.807, 2.05) is 14.0 Å². The summed E-state index contributed by atoms with van der Waals surface area (Å²) in [5.41, 5.74) is 0. The van der Waals surface area contributed by atoms with E-state index in [0.717, 1.165) is 18.3 Å². The van der Waals surface area contributed by atoms with Gasteiger partial charge < -0.3 is 10.1 Å². The summed E-state index contributed by atoms with van der Waals surface area (Å²) in [7, 11) is 1.94. The molecule has 0 aliphatic carbocycles. The summed E-state index contributed by atoms with van der Waals surface area (Å²) >= 11 is 0. The van der Waals surface area contributed by atoms with Crippen molar-refractivity contribution in [3.63, 3.8) is 0 Å². The number of hydrogen-bond donors (Lipinski definition) is 2. The third-order valence-electron chi connectivity index (χ3n) is 2.40. The first-order valence-electron chi connectivity index (χ1n) is 4.45. The van der Waals surface area contributed by atoms with Crippen LogP contribution >= 0.6 is 0 Å². The summed E-state index contributed by atoms with van der Waals surface area (Å²) in [4.78, 5) is 4.30. The molecule has 13 heavy (non-hydrogen) atoms. The Morgan fingerprint density at radius 2 is 2.38 bits per heavy atom. The smallest absolute Gasteiger partial charge is 0.157 e. The van der Waals surface area contributed by atoms with Crippen molar-refractivity contribution in [2.45, 2.75) is 18.9 Å². The molecule has 72 valence electrons. The molecule has 2 N–H and O–H groups in total. The molecule has 2 unspecified atom stereocenters. The van der Waals surface area contributed by atoms with Gasteiger partial charge in [-0.3, -0.25) is 5.10 Å². The fraction of sp³-hybridized carbons (Fsp3) is 0.750. The Morgan fingerprint density at radius 3 is 3.00 bits per heavy atom. The summed E-state index contributed by atoms with van der Waals surface area (Å²) in [5.74, 6) is 2.00. The largest absolute Gasteiger partial charge is 0.379 e. The average Bonchev–Trinajstić information content (AvgIpc) is 2.71. The molecular weight excluding hydrogens is 168 g/mol. The van der Waals surface area contributed by atoms with Crippen molar-refractivity contribution >= 4 is 0 Å². The summed E-state index contributed by atoms with van der Waals surface area (Å²) in [6.07, 6.45) is 0. The second kappa shape index (κ2) is 3.43. The van der Waals surface area contributed by atoms with Crippen LogP contribution in [-0.4, -0.2) is 41.5 Å². The first kappa shape index (κ1) is 8.65. The molecule has 1 fully saturated rings. The number of rotatable bonds is 2. The van der Waals surface area contributed by atoms with E-state index in [-0.39, 0.29) is 5.92 Å². The summed E-state index contributed by atoms with van der Waals surface area (Å²) in [6, 6.07) is 0.343. The predicted octanol–water partition coefficient (Wildman–Crippen LogP) is -0.185. The van der Waals surface area contributed by atoms with Gasteiger partial charge in [0.1, 0.15) is 5.82 Å². The molecule has 0 saturated carbocycles. The van der Waals surface area contributed by atoms with E-state index < -0.39 is 0 Å². The predicted molar refractivity (Wildman–Crippen MR) is 47.5 cm³/mol. The monoisotopic (exact) mass is 182 g/mol. The third kappa shape index (κ3) is 1.57. The third-order valence-corrected chi connectivity index (χ3v) is 2.40. The number of hydrogen-bond acceptors (Lipinski definition) is 4. The quantitative estimate of drug-likeness (QED) is 0.665. The minimum Gasteiger partial charge on any atom is -0.379 e. The van der Waals surface area contributed by atoms with Gasteiger partial charge in [0, 0.05) is 6.04 Å². The first-order chi connectivity index (χ1) is 6.31. The zero-order chi connectivity index (χ0) is 9.26. The zero-order valence-electron chi connectivity index (χ0n) is 7.87. The van der Waals surface area contributed by atoms with Crippen molar-refractivity contribution in [1.82, 2.24) is 20.5 Å². The highest BCUT2D eigenvalue weighted by atomic mass is 16.5. The molecule has 1 aliphatic heterocycles. The van der Waals surface area contributed by atoms with Crippen LogP contribution in [0.25, 0.3) is 0 Å². The average molecular weight is 182 g/mol. The lowest BCUT2D eigenvalue weighted by molar-refractivity contribution is 0.188. The van der Waals surface area contributed by atoms with Crippen LogP contribution in [-0.2, 0) is 4.74 Å². The Labute approximate surface area is 76.9 Å². The molecule has 1 aliphatic rings. The summed E-state index contributed by atoms with van der Waals surface area (Å²) < 4.78 is 5.37. The molecule has 0 radical (unpaired) electrons. The normalized spacial score (nSPS) is 28.2. The van der Waals surface area contributed by atoms with E-state index in [1.165, 1.54) is 0 Å². The molecule has 0 aromatic carbocycles. The van der Waals surface area contributed by atoms with Gasteiger partial charge in [-0.15, -0.1) is 0 Å². The number of nitrogens with one attached hydrogen (secondary N) is 2. The van der Waals surface area contributed by atoms with Gasteiger partial charge in [0.15, 0.2) is 5.82 Å². The maximum Gasteiger partial charge on any atom is 0.157 e. The van der Waals surface area contributed by atoms with Crippen LogP contribution in [0.4, 0.5) is 0 Å². The van der Waals surface area contributed by atoms with Gasteiger partial charge in [0.25, 0.3) is 0 Å². The standard InChI is InChI=1S/C8H14N4O/c1-5-10-8(12-11-5)6-3-13-4-7(6)9-2/h6-7,9H,3-4H2,1-2H3,(H,10,11,12). The lowest BCUT2D eigenvalue weighted by atomic mass is 10.0. The number of H-pyrrole nitrogens is 1. The first-order valence-corrected chi connectivity index (χ1v) is 4.45. The van der Waals surface area contributed by atoms with Crippen molar-refractivity contribution in [2.24, 2.45) is 0 Å². The number of likely N-dealkylation sites (N-methyl/N-ethyl adjacent to an activating group) is 1. The van der Waals surface area contributed by atoms with Gasteiger partial charge in [-0.25, -0.2) is 4.98 Å². The van der Waals surface area contributed by atoms with Crippen LogP contribution in [0.2, 0.25) is 0 Å². The van der Waals surface area contributed by atoms with Crippen LogP contribution in [0.15, 0.2) is 0 Å². The maximum atomic E-state index is 5.37. The minimum absolute atomic E-state index is 0.287. The van der Waals surface area contributed by atoms with Gasteiger partial charge in [-0.1, -0.05) is 0 Å². The molecule has 0 bridgehead atoms. The molecule has 2 heterocycles. The van der Waals surface area contributed by atoms with Crippen molar-refractivity contribution < 1.29 is 4.74 Å². The number of aromatic amines is 1. The number of aromatic nitrogens is 3. The fourth-order valence-electron chi connectivity index (χ4n) is 1.62. The van der Waals surface area contributed by atoms with Gasteiger partial charge in [0.2, 0.25) is 0 Å². The molecule has 1 saturated heterocycles. The van der Waals surface area contributed by atoms with Crippen LogP contribution in [0.3, 0.4) is 0 Å². The molecular formula is C8H14N4O. The minimum atomic E-state index is 0.287.